The summed E-state index contributed by atoms with van der Waals surface area (Å²) in [5, 5.41) is 2.99. The summed E-state index contributed by atoms with van der Waals surface area (Å²) in [4.78, 5) is 20.4. The van der Waals surface area contributed by atoms with Crippen LogP contribution >= 0.6 is 11.6 Å². The molecule has 1 fully saturated rings. The Morgan fingerprint density at radius 2 is 1.91 bits per heavy atom. The molecule has 0 spiro atoms. The van der Waals surface area contributed by atoms with Gasteiger partial charge in [-0.05, 0) is 43.9 Å². The quantitative estimate of drug-likeness (QED) is 0.554. The number of unbranched alkanes of at least 4 members (excludes halogenated alkanes) is 1. The van der Waals surface area contributed by atoms with Crippen molar-refractivity contribution < 1.29 is 18.0 Å². The second-order valence-corrected chi connectivity index (χ2v) is 8.45. The van der Waals surface area contributed by atoms with Gasteiger partial charge in [0.2, 0.25) is 5.91 Å². The lowest BCUT2D eigenvalue weighted by molar-refractivity contribution is -0.137. The number of carbonyl (C=O) groups excluding carboxylic acids is 1. The lowest BCUT2D eigenvalue weighted by Crippen LogP contribution is -2.41. The summed E-state index contributed by atoms with van der Waals surface area (Å²) >= 11 is 6.04. The number of anilines is 2. The molecular formula is C23H28ClF3N4O. The van der Waals surface area contributed by atoms with Gasteiger partial charge in [0.15, 0.2) is 0 Å². The van der Waals surface area contributed by atoms with Gasteiger partial charge in [-0.15, -0.1) is 0 Å². The van der Waals surface area contributed by atoms with E-state index in [2.05, 4.69) is 34.4 Å². The Bertz CT molecular complexity index is 887. The fraction of sp³-hybridized carbons (Fsp3) is 0.478. The summed E-state index contributed by atoms with van der Waals surface area (Å²) in [6.07, 6.45) is -0.579. The molecular weight excluding hydrogens is 441 g/mol. The van der Waals surface area contributed by atoms with Gasteiger partial charge in [0.1, 0.15) is 5.82 Å². The summed E-state index contributed by atoms with van der Waals surface area (Å²) in [5.41, 5.74) is 0.307. The van der Waals surface area contributed by atoms with Crippen LogP contribution in [0.1, 0.15) is 31.2 Å². The molecule has 9 heteroatoms. The standard InChI is InChI=1S/C23H28ClF3N4O/c1-30(19-7-3-2-4-8-19)12-6-5-11-28-22(32)17-9-13-31(14-10-17)21-20(24)15-18(16-29-21)23(25,26)27/h2-4,7-8,15-17H,5-6,9-14H2,1H3,(H,28,32). The topological polar surface area (TPSA) is 48.5 Å². The number of halogens is 4. The van der Waals surface area contributed by atoms with E-state index in [4.69, 9.17) is 11.6 Å². The van der Waals surface area contributed by atoms with Gasteiger partial charge >= 0.3 is 6.18 Å². The molecule has 0 radical (unpaired) electrons. The van der Waals surface area contributed by atoms with Crippen molar-refractivity contribution in [1.29, 1.82) is 0 Å². The normalized spacial score (nSPS) is 15.0. The van der Waals surface area contributed by atoms with E-state index in [1.165, 1.54) is 5.69 Å². The Morgan fingerprint density at radius 3 is 2.53 bits per heavy atom. The number of alkyl halides is 3. The second kappa shape index (κ2) is 10.9. The molecule has 1 aromatic heterocycles. The average Bonchev–Trinajstić information content (AvgIpc) is 2.78. The summed E-state index contributed by atoms with van der Waals surface area (Å²) in [7, 11) is 2.06. The van der Waals surface area contributed by atoms with Crippen molar-refractivity contribution >= 4 is 29.0 Å². The van der Waals surface area contributed by atoms with E-state index in [9.17, 15) is 18.0 Å². The minimum Gasteiger partial charge on any atom is -0.375 e. The SMILES string of the molecule is CN(CCCCNC(=O)C1CCN(c2ncc(C(F)(F)F)cc2Cl)CC1)c1ccccc1. The van der Waals surface area contributed by atoms with Crippen LogP contribution in [0.3, 0.4) is 0 Å². The van der Waals surface area contributed by atoms with Gasteiger partial charge in [0, 0.05) is 51.0 Å². The first-order valence-corrected chi connectivity index (χ1v) is 11.1. The Labute approximate surface area is 191 Å². The Hall–Kier alpha value is -2.48. The molecule has 2 heterocycles. The van der Waals surface area contributed by atoms with Crippen molar-refractivity contribution in [2.24, 2.45) is 5.92 Å². The zero-order chi connectivity index (χ0) is 23.1. The lowest BCUT2D eigenvalue weighted by Gasteiger charge is -2.32. The highest BCUT2D eigenvalue weighted by atomic mass is 35.5. The van der Waals surface area contributed by atoms with Gasteiger partial charge in [-0.1, -0.05) is 29.8 Å². The van der Waals surface area contributed by atoms with E-state index in [1.807, 2.05) is 23.1 Å². The number of hydrogen-bond acceptors (Lipinski definition) is 4. The second-order valence-electron chi connectivity index (χ2n) is 8.04. The third-order valence-corrected chi connectivity index (χ3v) is 6.01. The van der Waals surface area contributed by atoms with Crippen LogP contribution in [0.4, 0.5) is 24.7 Å². The molecule has 2 aromatic rings. The minimum absolute atomic E-state index is 0.0248. The lowest BCUT2D eigenvalue weighted by atomic mass is 9.96. The van der Waals surface area contributed by atoms with Crippen LogP contribution in [0.5, 0.6) is 0 Å². The average molecular weight is 469 g/mol. The Balaban J connectivity index is 1.37. The highest BCUT2D eigenvalue weighted by molar-refractivity contribution is 6.33. The van der Waals surface area contributed by atoms with Crippen LogP contribution in [-0.2, 0) is 11.0 Å². The predicted molar refractivity (Wildman–Crippen MR) is 121 cm³/mol. The zero-order valence-electron chi connectivity index (χ0n) is 18.0. The van der Waals surface area contributed by atoms with E-state index in [0.717, 1.165) is 31.6 Å². The maximum absolute atomic E-state index is 12.8. The molecule has 1 aromatic carbocycles. The number of benzene rings is 1. The van der Waals surface area contributed by atoms with E-state index in [0.29, 0.717) is 38.3 Å². The molecule has 1 N–H and O–H groups in total. The first-order valence-electron chi connectivity index (χ1n) is 10.8. The predicted octanol–water partition coefficient (Wildman–Crippen LogP) is 5.00. The largest absolute Gasteiger partial charge is 0.417 e. The molecule has 0 atom stereocenters. The highest BCUT2D eigenvalue weighted by Gasteiger charge is 2.33. The van der Waals surface area contributed by atoms with Gasteiger partial charge in [0.05, 0.1) is 10.6 Å². The maximum Gasteiger partial charge on any atom is 0.417 e. The summed E-state index contributed by atoms with van der Waals surface area (Å²) in [6.45, 7) is 2.60. The molecule has 5 nitrogen and oxygen atoms in total. The first kappa shape index (κ1) is 24.2. The molecule has 0 saturated carbocycles. The van der Waals surface area contributed by atoms with Crippen LogP contribution < -0.4 is 15.1 Å². The van der Waals surface area contributed by atoms with Crippen LogP contribution in [0.25, 0.3) is 0 Å². The molecule has 1 aliphatic rings. The van der Waals surface area contributed by atoms with E-state index < -0.39 is 11.7 Å². The number of nitrogens with zero attached hydrogens (tertiary/aromatic N) is 3. The van der Waals surface area contributed by atoms with Gasteiger partial charge < -0.3 is 15.1 Å². The smallest absolute Gasteiger partial charge is 0.375 e. The van der Waals surface area contributed by atoms with Crippen LogP contribution in [-0.4, -0.2) is 44.1 Å². The molecule has 1 aliphatic heterocycles. The van der Waals surface area contributed by atoms with Crippen molar-refractivity contribution in [2.45, 2.75) is 31.9 Å². The third-order valence-electron chi connectivity index (χ3n) is 5.73. The highest BCUT2D eigenvalue weighted by Crippen LogP contribution is 2.34. The fourth-order valence-electron chi connectivity index (χ4n) is 3.81. The third kappa shape index (κ3) is 6.51. The van der Waals surface area contributed by atoms with Crippen molar-refractivity contribution in [2.75, 3.05) is 43.0 Å². The number of amides is 1. The minimum atomic E-state index is -4.47. The van der Waals surface area contributed by atoms with Crippen LogP contribution in [0.2, 0.25) is 5.02 Å². The number of rotatable bonds is 8. The van der Waals surface area contributed by atoms with Gasteiger partial charge in [-0.2, -0.15) is 13.2 Å². The molecule has 3 rings (SSSR count). The molecule has 0 unspecified atom stereocenters. The van der Waals surface area contributed by atoms with Crippen LogP contribution in [0, 0.1) is 5.92 Å². The van der Waals surface area contributed by atoms with Gasteiger partial charge in [-0.25, -0.2) is 4.98 Å². The Morgan fingerprint density at radius 1 is 1.22 bits per heavy atom. The molecule has 1 amide bonds. The molecule has 0 aliphatic carbocycles. The molecule has 0 bridgehead atoms. The first-order chi connectivity index (χ1) is 15.3. The van der Waals surface area contributed by atoms with Crippen molar-refractivity contribution in [3.63, 3.8) is 0 Å². The van der Waals surface area contributed by atoms with Crippen molar-refractivity contribution in [1.82, 2.24) is 10.3 Å². The molecule has 32 heavy (non-hydrogen) atoms. The number of nitrogens with one attached hydrogen (secondary N) is 1. The van der Waals surface area contributed by atoms with Crippen LogP contribution in [0.15, 0.2) is 42.6 Å². The Kier molecular flexibility index (Phi) is 8.23. The number of hydrogen-bond donors (Lipinski definition) is 1. The van der Waals surface area contributed by atoms with E-state index in [1.54, 1.807) is 0 Å². The fourth-order valence-corrected chi connectivity index (χ4v) is 4.10. The van der Waals surface area contributed by atoms with E-state index in [-0.39, 0.29) is 16.8 Å². The number of para-hydroxylation sites is 1. The maximum atomic E-state index is 12.8. The van der Waals surface area contributed by atoms with Crippen molar-refractivity contribution in [3.8, 4) is 0 Å². The summed E-state index contributed by atoms with van der Waals surface area (Å²) in [5.74, 6) is 0.264. The summed E-state index contributed by atoms with van der Waals surface area (Å²) < 4.78 is 38.4. The van der Waals surface area contributed by atoms with Crippen molar-refractivity contribution in [3.05, 3.63) is 53.2 Å². The number of piperidine rings is 1. The van der Waals surface area contributed by atoms with Gasteiger partial charge in [-0.3, -0.25) is 4.79 Å². The molecule has 1 saturated heterocycles. The van der Waals surface area contributed by atoms with Gasteiger partial charge in [0.25, 0.3) is 0 Å². The summed E-state index contributed by atoms with van der Waals surface area (Å²) in [6, 6.07) is 11.1. The molecule has 174 valence electrons. The number of carbonyl (C=O) groups is 1. The zero-order valence-corrected chi connectivity index (χ0v) is 18.8. The van der Waals surface area contributed by atoms with E-state index >= 15 is 0 Å². The number of aromatic nitrogens is 1. The number of pyridine rings is 1. The monoisotopic (exact) mass is 468 g/mol.